The molecule has 76 valence electrons. The normalized spacial score (nSPS) is 10.2. The van der Waals surface area contributed by atoms with Crippen molar-refractivity contribution in [2.24, 2.45) is 0 Å². The van der Waals surface area contributed by atoms with Crippen LogP contribution in [-0.2, 0) is 0 Å². The summed E-state index contributed by atoms with van der Waals surface area (Å²) in [5.74, 6) is -0.235. The number of carbonyl (C=O) groups is 1. The minimum Gasteiger partial charge on any atom is -0.297 e. The predicted molar refractivity (Wildman–Crippen MR) is 60.2 cm³/mol. The highest BCUT2D eigenvalue weighted by Gasteiger charge is 2.04. The fourth-order valence-electron chi connectivity index (χ4n) is 1.10. The SMILES string of the molecule is O=Cc1cc(Sc2ccccc2F)cs1. The van der Waals surface area contributed by atoms with Gasteiger partial charge < -0.3 is 0 Å². The van der Waals surface area contributed by atoms with Gasteiger partial charge in [-0.15, -0.1) is 11.3 Å². The maximum Gasteiger partial charge on any atom is 0.160 e. The van der Waals surface area contributed by atoms with E-state index in [1.165, 1.54) is 29.2 Å². The highest BCUT2D eigenvalue weighted by atomic mass is 32.2. The van der Waals surface area contributed by atoms with Gasteiger partial charge in [-0.05, 0) is 18.2 Å². The van der Waals surface area contributed by atoms with E-state index in [9.17, 15) is 9.18 Å². The summed E-state index contributed by atoms with van der Waals surface area (Å²) in [5, 5.41) is 1.85. The number of thiophene rings is 1. The van der Waals surface area contributed by atoms with Crippen LogP contribution in [0.1, 0.15) is 9.67 Å². The molecule has 0 unspecified atom stereocenters. The van der Waals surface area contributed by atoms with Gasteiger partial charge in [0, 0.05) is 15.2 Å². The number of halogens is 1. The van der Waals surface area contributed by atoms with Crippen molar-refractivity contribution in [3.05, 3.63) is 46.4 Å². The van der Waals surface area contributed by atoms with Crippen LogP contribution in [0, 0.1) is 5.82 Å². The average molecular weight is 238 g/mol. The van der Waals surface area contributed by atoms with Crippen LogP contribution in [0.2, 0.25) is 0 Å². The molecule has 4 heteroatoms. The molecule has 0 saturated carbocycles. The fourth-order valence-corrected chi connectivity index (χ4v) is 2.84. The lowest BCUT2D eigenvalue weighted by molar-refractivity contribution is 0.112. The molecule has 0 aliphatic heterocycles. The second-order valence-electron chi connectivity index (χ2n) is 2.84. The van der Waals surface area contributed by atoms with Crippen LogP contribution in [-0.4, -0.2) is 6.29 Å². The van der Waals surface area contributed by atoms with Crippen LogP contribution in [0.3, 0.4) is 0 Å². The zero-order valence-electron chi connectivity index (χ0n) is 7.64. The van der Waals surface area contributed by atoms with E-state index in [0.717, 1.165) is 11.2 Å². The zero-order chi connectivity index (χ0) is 10.7. The molecule has 0 atom stereocenters. The van der Waals surface area contributed by atoms with Crippen molar-refractivity contribution >= 4 is 29.4 Å². The molecule has 1 aromatic heterocycles. The fraction of sp³-hybridized carbons (Fsp3) is 0. The molecule has 15 heavy (non-hydrogen) atoms. The molecule has 0 amide bonds. The Labute approximate surface area is 94.9 Å². The minimum atomic E-state index is -0.235. The van der Waals surface area contributed by atoms with Crippen molar-refractivity contribution in [3.8, 4) is 0 Å². The van der Waals surface area contributed by atoms with Crippen molar-refractivity contribution in [2.45, 2.75) is 9.79 Å². The summed E-state index contributed by atoms with van der Waals surface area (Å²) < 4.78 is 13.3. The first kappa shape index (κ1) is 10.4. The number of hydrogen-bond acceptors (Lipinski definition) is 3. The Balaban J connectivity index is 2.22. The predicted octanol–water partition coefficient (Wildman–Crippen LogP) is 3.85. The van der Waals surface area contributed by atoms with Gasteiger partial charge in [0.2, 0.25) is 0 Å². The minimum absolute atomic E-state index is 0.235. The first-order valence-electron chi connectivity index (χ1n) is 4.25. The van der Waals surface area contributed by atoms with E-state index in [4.69, 9.17) is 0 Å². The van der Waals surface area contributed by atoms with Gasteiger partial charge in [0.05, 0.1) is 4.88 Å². The molecule has 0 N–H and O–H groups in total. The van der Waals surface area contributed by atoms with E-state index in [2.05, 4.69) is 0 Å². The number of rotatable bonds is 3. The van der Waals surface area contributed by atoms with E-state index < -0.39 is 0 Å². The Bertz CT molecular complexity index is 479. The van der Waals surface area contributed by atoms with E-state index in [1.807, 2.05) is 5.38 Å². The molecule has 0 aliphatic rings. The maximum atomic E-state index is 13.3. The highest BCUT2D eigenvalue weighted by molar-refractivity contribution is 7.99. The Hall–Kier alpha value is -1.13. The Morgan fingerprint density at radius 1 is 1.33 bits per heavy atom. The molecule has 0 bridgehead atoms. The van der Waals surface area contributed by atoms with Gasteiger partial charge in [-0.3, -0.25) is 4.79 Å². The summed E-state index contributed by atoms with van der Waals surface area (Å²) >= 11 is 2.69. The molecule has 2 rings (SSSR count). The lowest BCUT2D eigenvalue weighted by atomic mass is 10.3. The second-order valence-corrected chi connectivity index (χ2v) is 4.89. The van der Waals surface area contributed by atoms with Crippen LogP contribution in [0.25, 0.3) is 0 Å². The first-order valence-corrected chi connectivity index (χ1v) is 5.95. The molecule has 0 spiro atoms. The van der Waals surface area contributed by atoms with Crippen molar-refractivity contribution in [2.75, 3.05) is 0 Å². The summed E-state index contributed by atoms with van der Waals surface area (Å²) in [4.78, 5) is 12.6. The lowest BCUT2D eigenvalue weighted by Gasteiger charge is -1.99. The molecular formula is C11H7FOS2. The largest absolute Gasteiger partial charge is 0.297 e. The molecule has 0 aliphatic carbocycles. The molecule has 1 nitrogen and oxygen atoms in total. The van der Waals surface area contributed by atoms with E-state index in [1.54, 1.807) is 24.3 Å². The topological polar surface area (TPSA) is 17.1 Å². The van der Waals surface area contributed by atoms with Gasteiger partial charge >= 0.3 is 0 Å². The number of benzene rings is 1. The third-order valence-electron chi connectivity index (χ3n) is 1.78. The van der Waals surface area contributed by atoms with Crippen molar-refractivity contribution in [1.29, 1.82) is 0 Å². The summed E-state index contributed by atoms with van der Waals surface area (Å²) in [6.07, 6.45) is 0.802. The molecular weight excluding hydrogens is 231 g/mol. The van der Waals surface area contributed by atoms with Crippen LogP contribution in [0.15, 0.2) is 45.5 Å². The van der Waals surface area contributed by atoms with Crippen LogP contribution < -0.4 is 0 Å². The summed E-state index contributed by atoms with van der Waals surface area (Å²) in [5.41, 5.74) is 0. The van der Waals surface area contributed by atoms with Crippen molar-refractivity contribution in [1.82, 2.24) is 0 Å². The van der Waals surface area contributed by atoms with E-state index in [-0.39, 0.29) is 5.82 Å². The van der Waals surface area contributed by atoms with E-state index >= 15 is 0 Å². The monoisotopic (exact) mass is 238 g/mol. The molecule has 1 heterocycles. The van der Waals surface area contributed by atoms with Crippen LogP contribution in [0.5, 0.6) is 0 Å². The molecule has 0 fully saturated rings. The Morgan fingerprint density at radius 2 is 2.13 bits per heavy atom. The Morgan fingerprint density at radius 3 is 2.80 bits per heavy atom. The van der Waals surface area contributed by atoms with Gasteiger partial charge in [-0.2, -0.15) is 0 Å². The van der Waals surface area contributed by atoms with E-state index in [0.29, 0.717) is 9.77 Å². The zero-order valence-corrected chi connectivity index (χ0v) is 9.28. The average Bonchev–Trinajstić information content (AvgIpc) is 2.69. The summed E-state index contributed by atoms with van der Waals surface area (Å²) in [6, 6.07) is 8.35. The summed E-state index contributed by atoms with van der Waals surface area (Å²) in [7, 11) is 0. The van der Waals surface area contributed by atoms with Gasteiger partial charge in [0.15, 0.2) is 6.29 Å². The third-order valence-corrected chi connectivity index (χ3v) is 3.81. The van der Waals surface area contributed by atoms with Gasteiger partial charge in [-0.25, -0.2) is 4.39 Å². The molecule has 1 aromatic carbocycles. The molecule has 0 saturated heterocycles. The van der Waals surface area contributed by atoms with Gasteiger partial charge in [-0.1, -0.05) is 23.9 Å². The van der Waals surface area contributed by atoms with Crippen LogP contribution >= 0.6 is 23.1 Å². The summed E-state index contributed by atoms with van der Waals surface area (Å²) in [6.45, 7) is 0. The van der Waals surface area contributed by atoms with Gasteiger partial charge in [0.25, 0.3) is 0 Å². The molecule has 2 aromatic rings. The number of carbonyl (C=O) groups excluding carboxylic acids is 1. The maximum absolute atomic E-state index is 13.3. The van der Waals surface area contributed by atoms with Crippen LogP contribution in [0.4, 0.5) is 4.39 Å². The smallest absolute Gasteiger partial charge is 0.160 e. The standard InChI is InChI=1S/C11H7FOS2/c12-10-3-1-2-4-11(10)15-9-5-8(6-13)14-7-9/h1-7H. The van der Waals surface area contributed by atoms with Crippen molar-refractivity contribution in [3.63, 3.8) is 0 Å². The Kier molecular flexibility index (Phi) is 3.18. The quantitative estimate of drug-likeness (QED) is 0.755. The number of aldehydes is 1. The number of hydrogen-bond donors (Lipinski definition) is 0. The highest BCUT2D eigenvalue weighted by Crippen LogP contribution is 2.32. The second kappa shape index (κ2) is 4.59. The van der Waals surface area contributed by atoms with Gasteiger partial charge in [0.1, 0.15) is 5.82 Å². The van der Waals surface area contributed by atoms with Crippen molar-refractivity contribution < 1.29 is 9.18 Å². The third kappa shape index (κ3) is 2.46. The molecule has 0 radical (unpaired) electrons. The first-order chi connectivity index (χ1) is 7.29. The lowest BCUT2D eigenvalue weighted by Crippen LogP contribution is -1.77.